The van der Waals surface area contributed by atoms with Crippen molar-refractivity contribution < 1.29 is 49.0 Å². The summed E-state index contributed by atoms with van der Waals surface area (Å²) in [5.74, 6) is -0.549. The molecule has 0 bridgehead atoms. The number of aromatic nitrogens is 4. The third kappa shape index (κ3) is 17.9. The molecule has 383 valence electrons. The first-order valence-electron chi connectivity index (χ1n) is 22.7. The number of carboxylic acids is 1. The van der Waals surface area contributed by atoms with Crippen LogP contribution in [0.2, 0.25) is 0 Å². The van der Waals surface area contributed by atoms with E-state index >= 15 is 0 Å². The Morgan fingerprint density at radius 3 is 1.46 bits per heavy atom. The molecule has 8 rings (SSSR count). The molecule has 1 amide bonds. The summed E-state index contributed by atoms with van der Waals surface area (Å²) in [4.78, 5) is 56.9. The van der Waals surface area contributed by atoms with Crippen molar-refractivity contribution in [3.05, 3.63) is 214 Å². The van der Waals surface area contributed by atoms with Crippen molar-refractivity contribution in [2.24, 2.45) is 0 Å². The molecule has 8 aromatic rings. The molecule has 0 aliphatic heterocycles. The zero-order valence-electron chi connectivity index (χ0n) is 40.9. The van der Waals surface area contributed by atoms with Gasteiger partial charge >= 0.3 is 32.8 Å². The van der Waals surface area contributed by atoms with Crippen LogP contribution in [0.3, 0.4) is 0 Å². The van der Waals surface area contributed by atoms with Gasteiger partial charge in [0.05, 0.1) is 61.2 Å². The van der Waals surface area contributed by atoms with Crippen LogP contribution in [0.5, 0.6) is 0 Å². The molecule has 17 heteroatoms. The van der Waals surface area contributed by atoms with Gasteiger partial charge in [-0.15, -0.1) is 0 Å². The first-order chi connectivity index (χ1) is 35.2. The van der Waals surface area contributed by atoms with E-state index in [9.17, 15) is 24.9 Å². The van der Waals surface area contributed by atoms with E-state index in [1.807, 2.05) is 84.9 Å². The molecule has 0 saturated carbocycles. The topological polar surface area (TPSA) is 240 Å². The molecule has 0 fully saturated rings. The van der Waals surface area contributed by atoms with Gasteiger partial charge in [-0.05, 0) is 86.9 Å². The molecule has 0 unspecified atom stereocenters. The van der Waals surface area contributed by atoms with Gasteiger partial charge in [0, 0.05) is 70.8 Å². The summed E-state index contributed by atoms with van der Waals surface area (Å²) in [7, 11) is -1.34. The van der Waals surface area contributed by atoms with Crippen molar-refractivity contribution >= 4 is 24.5 Å². The summed E-state index contributed by atoms with van der Waals surface area (Å²) in [5, 5.41) is 43.2. The van der Waals surface area contributed by atoms with Crippen LogP contribution in [0.25, 0.3) is 50.5 Å². The summed E-state index contributed by atoms with van der Waals surface area (Å²) >= 11 is 2.94. The number of hydrogen-bond donors (Lipinski definition) is 4. The van der Waals surface area contributed by atoms with E-state index in [0.717, 1.165) is 54.8 Å². The second kappa shape index (κ2) is 32.4. The average molecular weight is 1040 g/mol. The number of carboxylic acid groups (broad SMARTS) is 1. The number of pyridine rings is 4. The van der Waals surface area contributed by atoms with E-state index in [4.69, 9.17) is 23.8 Å². The Kier molecular flexibility index (Phi) is 27.0. The van der Waals surface area contributed by atoms with Crippen LogP contribution >= 0.6 is 0 Å². The normalized spacial score (nSPS) is 9.72. The van der Waals surface area contributed by atoms with Gasteiger partial charge in [-0.2, -0.15) is 10.5 Å². The molecule has 0 radical (unpaired) electrons. The molecule has 4 aromatic carbocycles. The Hall–Kier alpha value is -8.54. The maximum atomic E-state index is 13.3. The molecule has 15 nitrogen and oxygen atoms in total. The number of carbonyl (C=O) groups excluding carboxylic acids is 1. The average Bonchev–Trinajstić information content (AvgIpc) is 3.43. The molecule has 0 atom stereocenters. The predicted octanol–water partition coefficient (Wildman–Crippen LogP) is 8.80. The maximum absolute atomic E-state index is 13.3. The number of aromatic amines is 1. The first-order valence-corrected chi connectivity index (χ1v) is 23.1. The van der Waals surface area contributed by atoms with Crippen LogP contribution in [-0.2, 0) is 29.4 Å². The number of carbonyl (C=O) groups is 2. The standard InChI is InChI=1S/C23H15N3O.C17H11N3O.C8H18NO.C6H7BO2.C2H4O2.CH4.Cu.O/c24-15-17-8-4-5-11-20(17)21-14-18(22-12-6-7-13-25-22)16-26(23(21)27)19-9-2-1-3-10-19;18-10-12-5-1-2-6-14(12)15-9-13(11-20-17(15)21)16-7-3-4-8-19-16;1-5-9(6-2,7-3)8(4)10;8-7(9)6-4-2-1-3-5-6;1-2(3)4;;;/h1-14,16H;1-9,11H,(H,20,21);5-7H2,1-4H3;1-5,8-9H;1H3,(H,3,4);1H4;;/q;;+1;;;;;. The zero-order valence-corrected chi connectivity index (χ0v) is 41.8. The number of hydrogen-bond acceptors (Lipinski definition) is 11. The quantitative estimate of drug-likeness (QED) is 0.0784. The fourth-order valence-electron chi connectivity index (χ4n) is 7.19. The van der Waals surface area contributed by atoms with Gasteiger partial charge in [-0.1, -0.05) is 104 Å². The predicted molar refractivity (Wildman–Crippen MR) is 285 cm³/mol. The van der Waals surface area contributed by atoms with Crippen molar-refractivity contribution in [3.8, 4) is 62.6 Å². The third-order valence-electron chi connectivity index (χ3n) is 11.1. The number of nitrogens with zero attached hydrogens (tertiary/aromatic N) is 6. The van der Waals surface area contributed by atoms with Gasteiger partial charge < -0.3 is 20.1 Å². The van der Waals surface area contributed by atoms with Crippen LogP contribution < -0.4 is 16.6 Å². The number of nitrogens with one attached hydrogen (secondary N) is 1. The summed E-state index contributed by atoms with van der Waals surface area (Å²) in [6.45, 7) is 11.7. The molecule has 0 saturated heterocycles. The van der Waals surface area contributed by atoms with E-state index < -0.39 is 13.1 Å². The summed E-state index contributed by atoms with van der Waals surface area (Å²) in [6, 6.07) is 51.4. The van der Waals surface area contributed by atoms with E-state index in [1.165, 1.54) is 0 Å². The number of benzene rings is 4. The van der Waals surface area contributed by atoms with E-state index in [1.54, 1.807) is 109 Å². The molecule has 0 spiro atoms. The van der Waals surface area contributed by atoms with Crippen LogP contribution in [0.15, 0.2) is 192 Å². The van der Waals surface area contributed by atoms with Crippen LogP contribution in [0.4, 0.5) is 0 Å². The SMILES string of the molecule is C.CC(=O)O.CC[N+](CC)(CC)C(C)=O.N#Cc1ccccc1-c1cc(-c2ccccn2)c[nH]c1=O.N#Cc1ccccc1-c1cc(-c2ccccn2)cn(-c2ccccc2)c1=O.OB(O)c1ccccc1.[O]=[Cu]. The minimum absolute atomic E-state index is 0. The van der Waals surface area contributed by atoms with Crippen LogP contribution in [0, 0.1) is 22.7 Å². The minimum atomic E-state index is -1.34. The number of nitriles is 2. The number of para-hydroxylation sites is 1. The molecular weight excluding hydrogens is 985 g/mol. The molecule has 4 aromatic heterocycles. The van der Waals surface area contributed by atoms with Crippen molar-refractivity contribution in [2.75, 3.05) is 19.6 Å². The van der Waals surface area contributed by atoms with Gasteiger partial charge in [-0.3, -0.25) is 33.4 Å². The van der Waals surface area contributed by atoms with Gasteiger partial charge in [0.15, 0.2) is 0 Å². The Bertz CT molecular complexity index is 3190. The van der Waals surface area contributed by atoms with Gasteiger partial charge in [0.25, 0.3) is 17.1 Å². The Morgan fingerprint density at radius 2 is 1.05 bits per heavy atom. The van der Waals surface area contributed by atoms with Crippen LogP contribution in [0.1, 0.15) is 53.2 Å². The Labute approximate surface area is 440 Å². The van der Waals surface area contributed by atoms with Crippen molar-refractivity contribution in [2.45, 2.75) is 42.0 Å². The Morgan fingerprint density at radius 1 is 0.635 bits per heavy atom. The van der Waals surface area contributed by atoms with Gasteiger partial charge in [-0.25, -0.2) is 4.79 Å². The van der Waals surface area contributed by atoms with E-state index in [2.05, 4.69) is 63.8 Å². The molecule has 4 N–H and O–H groups in total. The number of aliphatic carboxylic acids is 1. The second-order valence-corrected chi connectivity index (χ2v) is 15.4. The first kappa shape index (κ1) is 61.6. The van der Waals surface area contributed by atoms with Gasteiger partial charge in [0.2, 0.25) is 0 Å². The Balaban J connectivity index is 0.000000352. The number of rotatable bonds is 9. The summed E-state index contributed by atoms with van der Waals surface area (Å²) in [5.41, 5.74) is 7.14. The molecular formula is C57H59BCuN7O8+. The van der Waals surface area contributed by atoms with Crippen molar-refractivity contribution in [1.29, 1.82) is 10.5 Å². The monoisotopic (exact) mass is 1040 g/mol. The fourth-order valence-corrected chi connectivity index (χ4v) is 7.19. The zero-order chi connectivity index (χ0) is 53.8. The third-order valence-corrected chi connectivity index (χ3v) is 11.1. The molecule has 0 aliphatic rings. The summed E-state index contributed by atoms with van der Waals surface area (Å²) in [6.07, 6.45) is 6.83. The summed E-state index contributed by atoms with van der Waals surface area (Å²) < 4.78 is 10.0. The molecule has 4 heterocycles. The molecule has 74 heavy (non-hydrogen) atoms. The van der Waals surface area contributed by atoms with Crippen LogP contribution in [-0.4, -0.2) is 77.8 Å². The number of amides is 1. The molecule has 0 aliphatic carbocycles. The number of H-pyrrole nitrogens is 1. The van der Waals surface area contributed by atoms with E-state index in [0.29, 0.717) is 43.3 Å². The second-order valence-electron chi connectivity index (χ2n) is 15.4. The van der Waals surface area contributed by atoms with E-state index in [-0.39, 0.29) is 24.5 Å². The fraction of sp³-hybridized carbons (Fsp3) is 0.158. The van der Waals surface area contributed by atoms with Crippen molar-refractivity contribution in [1.82, 2.24) is 19.5 Å². The number of quaternary nitrogens is 1. The van der Waals surface area contributed by atoms with Crippen molar-refractivity contribution in [3.63, 3.8) is 0 Å². The van der Waals surface area contributed by atoms with Gasteiger partial charge in [0.1, 0.15) is 0 Å².